The molecule has 0 aliphatic rings. The van der Waals surface area contributed by atoms with Crippen LogP contribution in [0.2, 0.25) is 0 Å². The van der Waals surface area contributed by atoms with Crippen molar-refractivity contribution in [1.29, 1.82) is 0 Å². The van der Waals surface area contributed by atoms with E-state index in [9.17, 15) is 21.6 Å². The van der Waals surface area contributed by atoms with Gasteiger partial charge in [-0.25, -0.2) is 18.4 Å². The van der Waals surface area contributed by atoms with Crippen LogP contribution in [0.4, 0.5) is 24.8 Å². The van der Waals surface area contributed by atoms with Crippen LogP contribution < -0.4 is 5.32 Å². The van der Waals surface area contributed by atoms with Gasteiger partial charge in [0.05, 0.1) is 16.1 Å². The van der Waals surface area contributed by atoms with Gasteiger partial charge in [-0.05, 0) is 42.5 Å². The lowest BCUT2D eigenvalue weighted by Crippen LogP contribution is -2.23. The van der Waals surface area contributed by atoms with Gasteiger partial charge in [-0.2, -0.15) is 13.2 Å². The van der Waals surface area contributed by atoms with Gasteiger partial charge in [0, 0.05) is 21.1 Å². The zero-order valence-electron chi connectivity index (χ0n) is 15.6. The van der Waals surface area contributed by atoms with E-state index in [1.54, 1.807) is 0 Å². The molecule has 4 rings (SSSR count). The van der Waals surface area contributed by atoms with Gasteiger partial charge < -0.3 is 5.32 Å². The number of anilines is 2. The number of aromatic nitrogens is 2. The van der Waals surface area contributed by atoms with Crippen LogP contribution in [0.3, 0.4) is 0 Å². The molecule has 0 aliphatic carbocycles. The average molecular weight is 508 g/mol. The molecule has 0 spiro atoms. The molecule has 1 N–H and O–H groups in total. The summed E-state index contributed by atoms with van der Waals surface area (Å²) in [4.78, 5) is 8.21. The summed E-state index contributed by atoms with van der Waals surface area (Å²) >= 11 is 3.45. The molecule has 1 heterocycles. The van der Waals surface area contributed by atoms with Gasteiger partial charge >= 0.3 is 5.51 Å². The summed E-state index contributed by atoms with van der Waals surface area (Å²) in [6.07, 6.45) is 0. The maximum atomic E-state index is 12.7. The first-order valence-electron chi connectivity index (χ1n) is 8.86. The third-order valence-electron chi connectivity index (χ3n) is 4.43. The molecule has 0 atom stereocenters. The number of hydrogen-bond acceptors (Lipinski definition) is 5. The first-order valence-corrected chi connectivity index (χ1v) is 11.1. The number of alkyl halides is 3. The van der Waals surface area contributed by atoms with Crippen LogP contribution in [0.5, 0.6) is 0 Å². The highest BCUT2D eigenvalue weighted by Crippen LogP contribution is 2.32. The van der Waals surface area contributed by atoms with Gasteiger partial charge in [0.25, 0.3) is 9.84 Å². The summed E-state index contributed by atoms with van der Waals surface area (Å²) in [5, 5.41) is 3.75. The van der Waals surface area contributed by atoms with Crippen molar-refractivity contribution in [2.24, 2.45) is 0 Å². The van der Waals surface area contributed by atoms with Crippen molar-refractivity contribution in [2.45, 2.75) is 10.4 Å². The van der Waals surface area contributed by atoms with Crippen molar-refractivity contribution < 1.29 is 21.6 Å². The van der Waals surface area contributed by atoms with Crippen molar-refractivity contribution >= 4 is 48.3 Å². The summed E-state index contributed by atoms with van der Waals surface area (Å²) in [6, 6.07) is 19.3. The molecular weight excluding hydrogens is 495 g/mol. The fraction of sp³-hybridized carbons (Fsp3) is 0.0476. The number of nitrogens with one attached hydrogen (secondary N) is 1. The van der Waals surface area contributed by atoms with Gasteiger partial charge in [-0.1, -0.05) is 46.3 Å². The minimum absolute atomic E-state index is 0.222. The molecule has 0 fully saturated rings. The average Bonchev–Trinajstić information content (AvgIpc) is 2.74. The molecule has 0 unspecified atom stereocenters. The molecule has 5 nitrogen and oxygen atoms in total. The third kappa shape index (κ3) is 4.26. The first-order chi connectivity index (χ1) is 14.6. The van der Waals surface area contributed by atoms with Crippen molar-refractivity contribution in [3.63, 3.8) is 0 Å². The van der Waals surface area contributed by atoms with Crippen molar-refractivity contribution in [1.82, 2.24) is 9.97 Å². The SMILES string of the molecule is O=S(=O)(c1ccc(Nc2nc(-c3ccccc3)c3cc(Br)ccc3n2)cc1)C(F)(F)F. The zero-order chi connectivity index (χ0) is 22.2. The van der Waals surface area contributed by atoms with Crippen LogP contribution in [0.15, 0.2) is 82.2 Å². The molecule has 0 radical (unpaired) electrons. The van der Waals surface area contributed by atoms with Crippen LogP contribution in [-0.4, -0.2) is 23.9 Å². The van der Waals surface area contributed by atoms with E-state index >= 15 is 0 Å². The standard InChI is InChI=1S/C21H13BrF3N3O2S/c22-14-6-11-18-17(12-14)19(13-4-2-1-3-5-13)28-20(27-18)26-15-7-9-16(10-8-15)31(29,30)21(23,24)25/h1-12H,(H,26,27,28). The summed E-state index contributed by atoms with van der Waals surface area (Å²) in [7, 11) is -5.41. The van der Waals surface area contributed by atoms with E-state index in [4.69, 9.17) is 0 Å². The largest absolute Gasteiger partial charge is 0.501 e. The van der Waals surface area contributed by atoms with Gasteiger partial charge in [0.1, 0.15) is 0 Å². The van der Waals surface area contributed by atoms with Crippen LogP contribution in [-0.2, 0) is 9.84 Å². The molecule has 0 bridgehead atoms. The lowest BCUT2D eigenvalue weighted by atomic mass is 10.1. The van der Waals surface area contributed by atoms with E-state index in [2.05, 4.69) is 31.2 Å². The minimum atomic E-state index is -5.41. The molecule has 3 aromatic carbocycles. The third-order valence-corrected chi connectivity index (χ3v) is 6.43. The highest BCUT2D eigenvalue weighted by molar-refractivity contribution is 9.10. The fourth-order valence-electron chi connectivity index (χ4n) is 2.95. The van der Waals surface area contributed by atoms with Crippen LogP contribution in [0.25, 0.3) is 22.2 Å². The predicted molar refractivity (Wildman–Crippen MR) is 116 cm³/mol. The molecule has 0 amide bonds. The van der Waals surface area contributed by atoms with E-state index in [-0.39, 0.29) is 5.95 Å². The fourth-order valence-corrected chi connectivity index (χ4v) is 4.08. The van der Waals surface area contributed by atoms with Crippen molar-refractivity contribution in [3.05, 3.63) is 77.3 Å². The first kappa shape index (κ1) is 21.3. The van der Waals surface area contributed by atoms with Crippen molar-refractivity contribution in [2.75, 3.05) is 5.32 Å². The lowest BCUT2D eigenvalue weighted by molar-refractivity contribution is -0.0436. The Morgan fingerprint density at radius 2 is 1.55 bits per heavy atom. The Morgan fingerprint density at radius 1 is 0.871 bits per heavy atom. The molecule has 0 aliphatic heterocycles. The quantitative estimate of drug-likeness (QED) is 0.361. The maximum absolute atomic E-state index is 12.7. The summed E-state index contributed by atoms with van der Waals surface area (Å²) < 4.78 is 62.1. The zero-order valence-corrected chi connectivity index (χ0v) is 18.0. The van der Waals surface area contributed by atoms with Gasteiger partial charge in [-0.15, -0.1) is 0 Å². The smallest absolute Gasteiger partial charge is 0.324 e. The van der Waals surface area contributed by atoms with Gasteiger partial charge in [0.2, 0.25) is 5.95 Å². The van der Waals surface area contributed by atoms with E-state index in [0.29, 0.717) is 16.9 Å². The van der Waals surface area contributed by atoms with Gasteiger partial charge in [0.15, 0.2) is 0 Å². The highest BCUT2D eigenvalue weighted by atomic mass is 79.9. The predicted octanol–water partition coefficient (Wildman–Crippen LogP) is 6.10. The Bertz CT molecular complexity index is 1360. The second-order valence-electron chi connectivity index (χ2n) is 6.52. The number of nitrogens with zero attached hydrogens (tertiary/aromatic N) is 2. The number of sulfone groups is 1. The van der Waals surface area contributed by atoms with Gasteiger partial charge in [-0.3, -0.25) is 0 Å². The van der Waals surface area contributed by atoms with Crippen LogP contribution in [0.1, 0.15) is 0 Å². The van der Waals surface area contributed by atoms with E-state index in [1.807, 2.05) is 48.5 Å². The summed E-state index contributed by atoms with van der Waals surface area (Å²) in [6.45, 7) is 0. The molecule has 0 saturated carbocycles. The number of fused-ring (bicyclic) bond motifs is 1. The second kappa shape index (κ2) is 7.93. The highest BCUT2D eigenvalue weighted by Gasteiger charge is 2.46. The van der Waals surface area contributed by atoms with Crippen molar-refractivity contribution in [3.8, 4) is 11.3 Å². The normalized spacial score (nSPS) is 12.1. The molecule has 10 heteroatoms. The van der Waals surface area contributed by atoms with Crippen LogP contribution in [0, 0.1) is 0 Å². The topological polar surface area (TPSA) is 72.0 Å². The lowest BCUT2D eigenvalue weighted by Gasteiger charge is -2.12. The van der Waals surface area contributed by atoms with Crippen LogP contribution >= 0.6 is 15.9 Å². The molecule has 31 heavy (non-hydrogen) atoms. The molecule has 0 saturated heterocycles. The Morgan fingerprint density at radius 3 is 2.19 bits per heavy atom. The maximum Gasteiger partial charge on any atom is 0.501 e. The Labute approximate surface area is 184 Å². The number of rotatable bonds is 4. The Hall–Kier alpha value is -2.98. The second-order valence-corrected chi connectivity index (χ2v) is 9.38. The minimum Gasteiger partial charge on any atom is -0.324 e. The van der Waals surface area contributed by atoms with E-state index in [1.165, 1.54) is 12.1 Å². The number of hydrogen-bond donors (Lipinski definition) is 1. The number of benzene rings is 3. The Balaban J connectivity index is 1.74. The molecular formula is C21H13BrF3N3O2S. The number of halogens is 4. The van der Waals surface area contributed by atoms with E-state index < -0.39 is 20.2 Å². The summed E-state index contributed by atoms with van der Waals surface area (Å²) in [5.74, 6) is 0.222. The monoisotopic (exact) mass is 507 g/mol. The molecule has 1 aromatic heterocycles. The Kier molecular flexibility index (Phi) is 5.44. The van der Waals surface area contributed by atoms with E-state index in [0.717, 1.165) is 27.6 Å². The molecule has 4 aromatic rings. The summed E-state index contributed by atoms with van der Waals surface area (Å²) in [5.41, 5.74) is -2.82. The molecule has 158 valence electrons.